The van der Waals surface area contributed by atoms with Crippen molar-refractivity contribution in [3.63, 3.8) is 0 Å². The van der Waals surface area contributed by atoms with E-state index in [1.54, 1.807) is 12.4 Å². The summed E-state index contributed by atoms with van der Waals surface area (Å²) in [7, 11) is -0.846. The lowest BCUT2D eigenvalue weighted by atomic mass is 9.97. The molecule has 1 aliphatic heterocycles. The summed E-state index contributed by atoms with van der Waals surface area (Å²) in [6.45, 7) is 13.2. The number of aromatic nitrogens is 1. The Kier molecular flexibility index (Phi) is 10.2. The highest BCUT2D eigenvalue weighted by Crippen LogP contribution is 2.49. The molecule has 1 aliphatic rings. The molecular formula is C24H36N3O2P. The highest BCUT2D eigenvalue weighted by Gasteiger charge is 2.43. The number of ether oxygens (including phenoxy) is 1. The van der Waals surface area contributed by atoms with E-state index in [0.29, 0.717) is 18.5 Å². The first-order valence-corrected chi connectivity index (χ1v) is 12.4. The molecule has 1 fully saturated rings. The first-order chi connectivity index (χ1) is 14.4. The van der Waals surface area contributed by atoms with Crippen molar-refractivity contribution >= 4 is 8.30 Å². The zero-order valence-electron chi connectivity index (χ0n) is 19.2. The average Bonchev–Trinajstić information content (AvgIpc) is 3.01. The van der Waals surface area contributed by atoms with Gasteiger partial charge in [0, 0.05) is 48.5 Å². The Labute approximate surface area is 184 Å². The van der Waals surface area contributed by atoms with Crippen LogP contribution in [0.2, 0.25) is 0 Å². The van der Waals surface area contributed by atoms with Gasteiger partial charge in [0.25, 0.3) is 0 Å². The lowest BCUT2D eigenvalue weighted by molar-refractivity contribution is 0.0486. The zero-order chi connectivity index (χ0) is 22.1. The molecule has 0 radical (unpaired) electrons. The number of nitrogens with zero attached hydrogens (tertiary/aromatic N) is 3. The van der Waals surface area contributed by atoms with Crippen molar-refractivity contribution in [2.45, 2.75) is 91.2 Å². The fourth-order valence-corrected chi connectivity index (χ4v) is 6.46. The van der Waals surface area contributed by atoms with Gasteiger partial charge in [0.1, 0.15) is 20.5 Å². The number of hydrogen-bond donors (Lipinski definition) is 0. The molecule has 6 heteroatoms. The third-order valence-corrected chi connectivity index (χ3v) is 7.97. The Balaban J connectivity index is 2.26. The third-order valence-electron chi connectivity index (χ3n) is 5.34. The summed E-state index contributed by atoms with van der Waals surface area (Å²) in [6, 6.07) is 6.86. The average molecular weight is 430 g/mol. The van der Waals surface area contributed by atoms with Gasteiger partial charge in [0.05, 0.1) is 12.2 Å². The van der Waals surface area contributed by atoms with Crippen LogP contribution in [0, 0.1) is 29.1 Å². The van der Waals surface area contributed by atoms with Gasteiger partial charge in [-0.3, -0.25) is 9.65 Å². The Bertz CT molecular complexity index is 730. The van der Waals surface area contributed by atoms with Crippen molar-refractivity contribution in [1.29, 1.82) is 5.26 Å². The predicted molar refractivity (Wildman–Crippen MR) is 123 cm³/mol. The first-order valence-electron chi connectivity index (χ1n) is 11.1. The van der Waals surface area contributed by atoms with E-state index in [1.165, 1.54) is 0 Å². The maximum atomic E-state index is 9.01. The van der Waals surface area contributed by atoms with Gasteiger partial charge in [-0.2, -0.15) is 5.26 Å². The van der Waals surface area contributed by atoms with Crippen LogP contribution in [0.25, 0.3) is 0 Å². The van der Waals surface area contributed by atoms with Crippen LogP contribution in [0.3, 0.4) is 0 Å². The summed E-state index contributed by atoms with van der Waals surface area (Å²) < 4.78 is 15.6. The highest BCUT2D eigenvalue weighted by atomic mass is 31.2. The molecule has 2 rings (SSSR count). The Morgan fingerprint density at radius 1 is 1.30 bits per heavy atom. The van der Waals surface area contributed by atoms with E-state index >= 15 is 0 Å². The van der Waals surface area contributed by atoms with Crippen molar-refractivity contribution in [2.24, 2.45) is 5.92 Å². The molecular weight excluding hydrogens is 393 g/mol. The van der Waals surface area contributed by atoms with Gasteiger partial charge < -0.3 is 9.26 Å². The van der Waals surface area contributed by atoms with Gasteiger partial charge >= 0.3 is 0 Å². The second-order valence-corrected chi connectivity index (χ2v) is 10.2. The van der Waals surface area contributed by atoms with E-state index in [4.69, 9.17) is 14.5 Å². The Hall–Kier alpha value is -1.49. The van der Waals surface area contributed by atoms with Crippen LogP contribution in [0.4, 0.5) is 0 Å². The van der Waals surface area contributed by atoms with E-state index in [-0.39, 0.29) is 24.2 Å². The van der Waals surface area contributed by atoms with Crippen LogP contribution < -0.4 is 0 Å². The van der Waals surface area contributed by atoms with Gasteiger partial charge in [-0.05, 0) is 52.7 Å². The van der Waals surface area contributed by atoms with Crippen molar-refractivity contribution in [3.05, 3.63) is 30.1 Å². The van der Waals surface area contributed by atoms with Crippen LogP contribution in [0.5, 0.6) is 0 Å². The van der Waals surface area contributed by atoms with Crippen molar-refractivity contribution in [1.82, 2.24) is 9.65 Å². The van der Waals surface area contributed by atoms with Crippen LogP contribution >= 0.6 is 8.30 Å². The molecule has 0 aromatic carbocycles. The van der Waals surface area contributed by atoms with E-state index in [0.717, 1.165) is 24.6 Å². The molecule has 0 aliphatic carbocycles. The molecule has 0 spiro atoms. The van der Waals surface area contributed by atoms with Crippen LogP contribution in [-0.2, 0) is 9.26 Å². The fraction of sp³-hybridized carbons (Fsp3) is 0.667. The molecule has 30 heavy (non-hydrogen) atoms. The molecule has 1 aromatic rings. The molecule has 5 atom stereocenters. The Morgan fingerprint density at radius 3 is 2.60 bits per heavy atom. The molecule has 0 bridgehead atoms. The molecule has 1 saturated heterocycles. The van der Waals surface area contributed by atoms with Crippen LogP contribution in [0.1, 0.15) is 66.4 Å². The van der Waals surface area contributed by atoms with Crippen LogP contribution in [-0.4, -0.2) is 46.2 Å². The topological polar surface area (TPSA) is 58.4 Å². The second-order valence-electron chi connectivity index (χ2n) is 8.35. The maximum Gasteiger partial charge on any atom is 0.145 e. The summed E-state index contributed by atoms with van der Waals surface area (Å²) in [6.07, 6.45) is 6.57. The van der Waals surface area contributed by atoms with Gasteiger partial charge in [-0.1, -0.05) is 25.7 Å². The molecule has 1 aromatic heterocycles. The fourth-order valence-electron chi connectivity index (χ4n) is 3.97. The third kappa shape index (κ3) is 6.76. The quantitative estimate of drug-likeness (QED) is 0.300. The van der Waals surface area contributed by atoms with E-state index in [1.807, 2.05) is 12.1 Å². The molecule has 0 saturated carbocycles. The number of nitriles is 1. The number of unbranched alkanes of at least 4 members (excludes halogenated alkanes) is 1. The summed E-state index contributed by atoms with van der Waals surface area (Å²) in [4.78, 5) is 4.14. The standard InChI is InChI=1S/C24H36N3O2P/c1-7-22-20(6)24(23(28-22)13-12-21-11-10-15-26-17-21)29-30(16-9-8-14-25)27(18(2)3)19(4)5/h10-11,15,17-20,22-24H,7-9,16H2,1-6H3/t20-,22-,23+,24-,30?/m1/s1. The Morgan fingerprint density at radius 2 is 2.03 bits per heavy atom. The van der Waals surface area contributed by atoms with Gasteiger partial charge in [0.15, 0.2) is 0 Å². The molecule has 2 heterocycles. The molecule has 0 N–H and O–H groups in total. The second kappa shape index (κ2) is 12.4. The molecule has 0 amide bonds. The van der Waals surface area contributed by atoms with Gasteiger partial charge in [0.2, 0.25) is 0 Å². The molecule has 164 valence electrons. The summed E-state index contributed by atoms with van der Waals surface area (Å²) in [5, 5.41) is 9.01. The van der Waals surface area contributed by atoms with Crippen LogP contribution in [0.15, 0.2) is 24.5 Å². The minimum absolute atomic E-state index is 0.0766. The van der Waals surface area contributed by atoms with E-state index in [2.05, 4.69) is 69.1 Å². The number of rotatable bonds is 9. The molecule has 1 unspecified atom stereocenters. The number of pyridine rings is 1. The van der Waals surface area contributed by atoms with E-state index < -0.39 is 8.30 Å². The monoisotopic (exact) mass is 429 g/mol. The normalized spacial score (nSPS) is 24.7. The lowest BCUT2D eigenvalue weighted by Gasteiger charge is -2.39. The number of hydrogen-bond acceptors (Lipinski definition) is 5. The van der Waals surface area contributed by atoms with Crippen molar-refractivity contribution in [2.75, 3.05) is 6.16 Å². The molecule has 5 nitrogen and oxygen atoms in total. The minimum Gasteiger partial charge on any atom is -0.359 e. The predicted octanol–water partition coefficient (Wildman–Crippen LogP) is 5.37. The highest BCUT2D eigenvalue weighted by molar-refractivity contribution is 7.50. The van der Waals surface area contributed by atoms with Crippen molar-refractivity contribution in [3.8, 4) is 17.9 Å². The first kappa shape index (κ1) is 24.8. The SMILES string of the molecule is CC[C@H]1O[C@@H](C#Cc2cccnc2)[C@H](OP(CCCC#N)N(C(C)C)C(C)C)[C@@H]1C. The largest absolute Gasteiger partial charge is 0.359 e. The van der Waals surface area contributed by atoms with Crippen molar-refractivity contribution < 1.29 is 9.26 Å². The van der Waals surface area contributed by atoms with Gasteiger partial charge in [-0.25, -0.2) is 0 Å². The minimum atomic E-state index is -0.846. The maximum absolute atomic E-state index is 9.01. The summed E-state index contributed by atoms with van der Waals surface area (Å²) in [5.74, 6) is 6.80. The summed E-state index contributed by atoms with van der Waals surface area (Å²) >= 11 is 0. The van der Waals surface area contributed by atoms with E-state index in [9.17, 15) is 0 Å². The zero-order valence-corrected chi connectivity index (χ0v) is 20.1. The smallest absolute Gasteiger partial charge is 0.145 e. The van der Waals surface area contributed by atoms with Gasteiger partial charge in [-0.15, -0.1) is 0 Å². The lowest BCUT2D eigenvalue weighted by Crippen LogP contribution is -2.37. The summed E-state index contributed by atoms with van der Waals surface area (Å²) in [5.41, 5.74) is 0.884.